The van der Waals surface area contributed by atoms with Gasteiger partial charge in [-0.05, 0) is 30.5 Å². The van der Waals surface area contributed by atoms with Crippen LogP contribution < -0.4 is 10.6 Å². The second kappa shape index (κ2) is 18.8. The van der Waals surface area contributed by atoms with Crippen molar-refractivity contribution in [2.24, 2.45) is 5.92 Å². The Bertz CT molecular complexity index is 1010. The van der Waals surface area contributed by atoms with Gasteiger partial charge in [0.1, 0.15) is 6.04 Å². The Balaban J connectivity index is 0. The first kappa shape index (κ1) is 37.7. The number of carbonyl (C=O) groups is 6. The van der Waals surface area contributed by atoms with Crippen molar-refractivity contribution < 1.29 is 64.3 Å². The second-order valence-corrected chi connectivity index (χ2v) is 8.86. The molecule has 2 amide bonds. The molecule has 0 aliphatic carbocycles. The lowest BCUT2D eigenvalue weighted by Gasteiger charge is -2.18. The number of rotatable bonds is 12. The van der Waals surface area contributed by atoms with Crippen molar-refractivity contribution in [3.05, 3.63) is 33.8 Å². The number of amides is 2. The number of carboxylic acids is 4. The molecule has 1 atom stereocenters. The molecule has 1 unspecified atom stereocenters. The highest BCUT2D eigenvalue weighted by atomic mass is 35.5. The monoisotopic (exact) mass is 598 g/mol. The van der Waals surface area contributed by atoms with Gasteiger partial charge in [-0.2, -0.15) is 0 Å². The molecule has 39 heavy (non-hydrogen) atoms. The SMILES string of the molecule is CC(C)CC(NC(=O)CNC(=O)c1cc(Cl)ccc1Cl)C(=O)O.O=C(O)CC(O)(CC(=O)O)C(=O)O.OBO. The van der Waals surface area contributed by atoms with Crippen molar-refractivity contribution in [2.45, 2.75) is 44.8 Å². The molecule has 9 N–H and O–H groups in total. The molecule has 0 saturated carbocycles. The summed E-state index contributed by atoms with van der Waals surface area (Å²) in [6.07, 6.45) is -1.99. The number of hydrogen-bond acceptors (Lipinski definition) is 9. The van der Waals surface area contributed by atoms with Crippen LogP contribution in [0.1, 0.15) is 43.5 Å². The number of halogens is 2. The average molecular weight is 599 g/mol. The first-order valence-corrected chi connectivity index (χ1v) is 11.5. The summed E-state index contributed by atoms with van der Waals surface area (Å²) in [5.41, 5.74) is -2.60. The van der Waals surface area contributed by atoms with Crippen LogP contribution in [0.15, 0.2) is 18.2 Å². The van der Waals surface area contributed by atoms with Crippen molar-refractivity contribution in [1.29, 1.82) is 0 Å². The summed E-state index contributed by atoms with van der Waals surface area (Å²) in [6, 6.07) is 3.41. The highest BCUT2D eigenvalue weighted by molar-refractivity contribution is 6.35. The van der Waals surface area contributed by atoms with E-state index in [0.29, 0.717) is 11.4 Å². The predicted octanol–water partition coefficient (Wildman–Crippen LogP) is -0.672. The van der Waals surface area contributed by atoms with Crippen LogP contribution in [0.5, 0.6) is 0 Å². The van der Waals surface area contributed by atoms with Crippen LogP contribution in [-0.2, 0) is 24.0 Å². The Kier molecular flexibility index (Phi) is 18.1. The quantitative estimate of drug-likeness (QED) is 0.135. The lowest BCUT2D eigenvalue weighted by Crippen LogP contribution is -2.46. The third kappa shape index (κ3) is 16.9. The van der Waals surface area contributed by atoms with E-state index in [-0.39, 0.29) is 23.0 Å². The van der Waals surface area contributed by atoms with Gasteiger partial charge in [-0.15, -0.1) is 0 Å². The number of benzene rings is 1. The van der Waals surface area contributed by atoms with Crippen LogP contribution in [-0.4, -0.2) is 97.1 Å². The summed E-state index contributed by atoms with van der Waals surface area (Å²) in [5, 5.41) is 62.4. The number of nitrogens with one attached hydrogen (secondary N) is 2. The topological polar surface area (TPSA) is 268 Å². The minimum absolute atomic E-state index is 0.108. The van der Waals surface area contributed by atoms with E-state index in [1.54, 1.807) is 0 Å². The summed E-state index contributed by atoms with van der Waals surface area (Å²) in [5.74, 6) is -7.19. The van der Waals surface area contributed by atoms with Gasteiger partial charge in [0, 0.05) is 5.02 Å². The third-order valence-corrected chi connectivity index (χ3v) is 4.77. The lowest BCUT2D eigenvalue weighted by molar-refractivity contribution is -0.170. The fourth-order valence-corrected chi connectivity index (χ4v) is 2.96. The van der Waals surface area contributed by atoms with Crippen LogP contribution in [0, 0.1) is 5.92 Å². The van der Waals surface area contributed by atoms with Crippen molar-refractivity contribution in [2.75, 3.05) is 6.54 Å². The number of hydrogen-bond donors (Lipinski definition) is 9. The zero-order valence-corrected chi connectivity index (χ0v) is 22.3. The van der Waals surface area contributed by atoms with E-state index in [0.717, 1.165) is 0 Å². The number of aliphatic hydroxyl groups is 1. The molecule has 0 aliphatic heterocycles. The third-order valence-electron chi connectivity index (χ3n) is 4.21. The Morgan fingerprint density at radius 3 is 1.82 bits per heavy atom. The molecule has 0 bridgehead atoms. The standard InChI is InChI=1S/C15H18Cl2N2O4.C6H8O7.BH3O2/c1-8(2)5-12(15(22)23)19-13(20)7-18-14(21)10-6-9(16)3-4-11(10)17;7-3(8)1-6(13,5(11)12)2-4(9)10;2-1-3/h3-4,6,8,12H,5,7H2,1-2H3,(H,18,21)(H,19,20)(H,22,23);13H,1-2H2,(H,7,8)(H,9,10)(H,11,12);1-3H. The van der Waals surface area contributed by atoms with Gasteiger partial charge in [0.2, 0.25) is 5.91 Å². The van der Waals surface area contributed by atoms with E-state index in [9.17, 15) is 28.8 Å². The maximum absolute atomic E-state index is 12.0. The number of aliphatic carboxylic acids is 4. The molecule has 1 rings (SSSR count). The van der Waals surface area contributed by atoms with Gasteiger partial charge >= 0.3 is 31.6 Å². The normalized spacial score (nSPS) is 11.0. The summed E-state index contributed by atoms with van der Waals surface area (Å²) in [4.78, 5) is 65.3. The van der Waals surface area contributed by atoms with Crippen molar-refractivity contribution >= 4 is 66.6 Å². The zero-order valence-electron chi connectivity index (χ0n) is 20.8. The zero-order chi connectivity index (χ0) is 30.9. The molecular weight excluding hydrogens is 570 g/mol. The van der Waals surface area contributed by atoms with Crippen LogP contribution >= 0.6 is 23.2 Å². The van der Waals surface area contributed by atoms with E-state index in [4.69, 9.17) is 58.8 Å². The Labute approximate surface area is 232 Å². The molecule has 1 aromatic carbocycles. The van der Waals surface area contributed by atoms with E-state index < -0.39 is 67.9 Å². The summed E-state index contributed by atoms with van der Waals surface area (Å²) < 4.78 is 0. The molecule has 18 heteroatoms. The Hall–Kier alpha value is -3.44. The van der Waals surface area contributed by atoms with Gasteiger partial charge in [0.25, 0.3) is 5.91 Å². The summed E-state index contributed by atoms with van der Waals surface area (Å²) >= 11 is 11.7. The minimum Gasteiger partial charge on any atom is -0.481 e. The largest absolute Gasteiger partial charge is 0.481 e. The molecule has 0 aromatic heterocycles. The number of carbonyl (C=O) groups excluding carboxylic acids is 2. The van der Waals surface area contributed by atoms with Gasteiger partial charge in [-0.25, -0.2) is 9.59 Å². The maximum Gasteiger partial charge on any atom is 0.432 e. The average Bonchev–Trinajstić information content (AvgIpc) is 2.78. The van der Waals surface area contributed by atoms with Gasteiger partial charge in [-0.1, -0.05) is 37.0 Å². The smallest absolute Gasteiger partial charge is 0.432 e. The van der Waals surface area contributed by atoms with Crippen molar-refractivity contribution in [1.82, 2.24) is 10.6 Å². The highest BCUT2D eigenvalue weighted by Crippen LogP contribution is 2.20. The molecule has 0 fully saturated rings. The van der Waals surface area contributed by atoms with Gasteiger partial charge in [0.05, 0.1) is 30.0 Å². The fraction of sp³-hybridized carbons (Fsp3) is 0.429. The van der Waals surface area contributed by atoms with Crippen LogP contribution in [0.4, 0.5) is 0 Å². The molecule has 0 spiro atoms. The molecule has 0 radical (unpaired) electrons. The maximum atomic E-state index is 12.0. The van der Waals surface area contributed by atoms with E-state index in [1.807, 2.05) is 13.8 Å². The second-order valence-electron chi connectivity index (χ2n) is 8.01. The van der Waals surface area contributed by atoms with Crippen LogP contribution in [0.2, 0.25) is 10.0 Å². The van der Waals surface area contributed by atoms with Gasteiger partial charge in [-0.3, -0.25) is 19.2 Å². The predicted molar refractivity (Wildman–Crippen MR) is 136 cm³/mol. The molecule has 0 heterocycles. The van der Waals surface area contributed by atoms with E-state index in [1.165, 1.54) is 18.2 Å². The lowest BCUT2D eigenvalue weighted by atomic mass is 9.96. The van der Waals surface area contributed by atoms with Crippen LogP contribution in [0.25, 0.3) is 0 Å². The van der Waals surface area contributed by atoms with Crippen molar-refractivity contribution in [3.8, 4) is 0 Å². The minimum atomic E-state index is -2.74. The first-order chi connectivity index (χ1) is 17.9. The highest BCUT2D eigenvalue weighted by Gasteiger charge is 2.40. The number of carboxylic acid groups (broad SMARTS) is 4. The van der Waals surface area contributed by atoms with Crippen molar-refractivity contribution in [3.63, 3.8) is 0 Å². The molecule has 0 saturated heterocycles. The molecule has 0 aliphatic rings. The Morgan fingerprint density at radius 1 is 0.949 bits per heavy atom. The first-order valence-electron chi connectivity index (χ1n) is 10.8. The van der Waals surface area contributed by atoms with Gasteiger partial charge < -0.3 is 46.2 Å². The van der Waals surface area contributed by atoms with E-state index in [2.05, 4.69) is 10.6 Å². The fourth-order valence-electron chi connectivity index (χ4n) is 2.58. The molecule has 218 valence electrons. The molecule has 1 aromatic rings. The van der Waals surface area contributed by atoms with Crippen LogP contribution in [0.3, 0.4) is 0 Å². The summed E-state index contributed by atoms with van der Waals surface area (Å²) in [7, 11) is -0.750. The Morgan fingerprint density at radius 2 is 1.44 bits per heavy atom. The summed E-state index contributed by atoms with van der Waals surface area (Å²) in [6.45, 7) is 3.35. The van der Waals surface area contributed by atoms with Gasteiger partial charge in [0.15, 0.2) is 5.60 Å². The van der Waals surface area contributed by atoms with E-state index >= 15 is 0 Å². The molecular formula is C21H29BCl2N2O13. The molecule has 15 nitrogen and oxygen atoms in total.